The molecule has 2 aliphatic rings. The Morgan fingerprint density at radius 1 is 1.04 bits per heavy atom. The van der Waals surface area contributed by atoms with Crippen LogP contribution in [0.5, 0.6) is 0 Å². The fraction of sp³-hybridized carbons (Fsp3) is 0.364. The number of nitrogens with zero attached hydrogens (tertiary/aromatic N) is 2. The van der Waals surface area contributed by atoms with Crippen molar-refractivity contribution in [3.8, 4) is 0 Å². The van der Waals surface area contributed by atoms with Crippen LogP contribution in [0.25, 0.3) is 0 Å². The molecular weight excluding hydrogens is 324 g/mol. The number of hydrogen-bond acceptors (Lipinski definition) is 2. The number of benzene rings is 2. The molecule has 0 spiro atoms. The quantitative estimate of drug-likeness (QED) is 0.835. The largest absolute Gasteiger partial charge is 0.325 e. The maximum Gasteiger partial charge on any atom is 0.254 e. The van der Waals surface area contributed by atoms with E-state index in [0.717, 1.165) is 24.1 Å². The summed E-state index contributed by atoms with van der Waals surface area (Å²) in [6.07, 6.45) is 3.43. The molecule has 2 aromatic carbocycles. The lowest BCUT2D eigenvalue weighted by molar-refractivity contribution is -0.124. The molecule has 0 saturated carbocycles. The topological polar surface area (TPSA) is 40.6 Å². The van der Waals surface area contributed by atoms with Gasteiger partial charge in [-0.25, -0.2) is 0 Å². The zero-order valence-corrected chi connectivity index (χ0v) is 15.4. The summed E-state index contributed by atoms with van der Waals surface area (Å²) in [5.74, 6) is -0.0710. The van der Waals surface area contributed by atoms with E-state index < -0.39 is 6.04 Å². The fourth-order valence-electron chi connectivity index (χ4n) is 4.07. The molecule has 2 aromatic rings. The van der Waals surface area contributed by atoms with Crippen LogP contribution in [0.2, 0.25) is 0 Å². The first-order chi connectivity index (χ1) is 12.5. The van der Waals surface area contributed by atoms with Crippen molar-refractivity contribution < 1.29 is 9.59 Å². The van der Waals surface area contributed by atoms with Gasteiger partial charge in [0.2, 0.25) is 5.91 Å². The molecule has 1 fully saturated rings. The summed E-state index contributed by atoms with van der Waals surface area (Å²) in [7, 11) is 0. The molecular formula is C22H24N2O2. The number of fused-ring (bicyclic) bond motifs is 1. The second-order valence-electron chi connectivity index (χ2n) is 7.34. The molecule has 0 bridgehead atoms. The lowest BCUT2D eigenvalue weighted by Gasteiger charge is -2.39. The van der Waals surface area contributed by atoms with Crippen molar-refractivity contribution in [3.05, 3.63) is 64.7 Å². The summed E-state index contributed by atoms with van der Waals surface area (Å²) < 4.78 is 0. The zero-order valence-electron chi connectivity index (χ0n) is 15.4. The van der Waals surface area contributed by atoms with Crippen LogP contribution in [-0.4, -0.2) is 35.8 Å². The van der Waals surface area contributed by atoms with Crippen LogP contribution in [0.4, 0.5) is 5.69 Å². The van der Waals surface area contributed by atoms with Gasteiger partial charge in [0.1, 0.15) is 6.04 Å². The van der Waals surface area contributed by atoms with Gasteiger partial charge in [-0.15, -0.1) is 0 Å². The Bertz CT molecular complexity index is 874. The van der Waals surface area contributed by atoms with Crippen LogP contribution in [0, 0.1) is 6.92 Å². The Hall–Kier alpha value is -2.62. The molecule has 0 radical (unpaired) electrons. The lowest BCUT2D eigenvalue weighted by atomic mass is 10.1. The molecule has 1 heterocycles. The number of rotatable bonds is 2. The van der Waals surface area contributed by atoms with Crippen LogP contribution in [0.15, 0.2) is 42.5 Å². The smallest absolute Gasteiger partial charge is 0.254 e. The molecule has 1 unspecified atom stereocenters. The second-order valence-corrected chi connectivity index (χ2v) is 7.34. The van der Waals surface area contributed by atoms with Gasteiger partial charge in [0.05, 0.1) is 0 Å². The SMILES string of the molecule is Cc1cccc(C(=O)N2CCN(c3ccc4c(c3)CCC4)C(=O)C2C)c1. The van der Waals surface area contributed by atoms with Gasteiger partial charge in [0.25, 0.3) is 5.91 Å². The van der Waals surface area contributed by atoms with E-state index in [1.54, 1.807) is 4.90 Å². The molecule has 4 nitrogen and oxygen atoms in total. The van der Waals surface area contributed by atoms with Crippen LogP contribution >= 0.6 is 0 Å². The number of anilines is 1. The van der Waals surface area contributed by atoms with E-state index in [4.69, 9.17) is 0 Å². The highest BCUT2D eigenvalue weighted by molar-refractivity contribution is 6.03. The van der Waals surface area contributed by atoms with Gasteiger partial charge in [0, 0.05) is 24.3 Å². The van der Waals surface area contributed by atoms with Gasteiger partial charge >= 0.3 is 0 Å². The van der Waals surface area contributed by atoms with Crippen molar-refractivity contribution in [1.82, 2.24) is 4.90 Å². The van der Waals surface area contributed by atoms with Crippen molar-refractivity contribution in [2.75, 3.05) is 18.0 Å². The Morgan fingerprint density at radius 2 is 1.85 bits per heavy atom. The molecule has 26 heavy (non-hydrogen) atoms. The van der Waals surface area contributed by atoms with E-state index in [1.165, 1.54) is 17.5 Å². The number of carbonyl (C=O) groups excluding carboxylic acids is 2. The molecule has 1 aliphatic heterocycles. The Balaban J connectivity index is 1.54. The van der Waals surface area contributed by atoms with E-state index in [9.17, 15) is 9.59 Å². The molecule has 4 rings (SSSR count). The Morgan fingerprint density at radius 3 is 2.65 bits per heavy atom. The third-order valence-electron chi connectivity index (χ3n) is 5.58. The summed E-state index contributed by atoms with van der Waals surface area (Å²) in [5, 5.41) is 0. The van der Waals surface area contributed by atoms with E-state index >= 15 is 0 Å². The fourth-order valence-corrected chi connectivity index (χ4v) is 4.07. The van der Waals surface area contributed by atoms with Crippen LogP contribution in [0.1, 0.15) is 40.4 Å². The maximum atomic E-state index is 13.0. The highest BCUT2D eigenvalue weighted by atomic mass is 16.2. The Kier molecular flexibility index (Phi) is 4.27. The second kappa shape index (κ2) is 6.60. The van der Waals surface area contributed by atoms with Crippen molar-refractivity contribution in [2.45, 2.75) is 39.2 Å². The van der Waals surface area contributed by atoms with Crippen LogP contribution < -0.4 is 4.90 Å². The lowest BCUT2D eigenvalue weighted by Crippen LogP contribution is -2.57. The third kappa shape index (κ3) is 2.90. The van der Waals surface area contributed by atoms with Gasteiger partial charge in [-0.1, -0.05) is 23.8 Å². The van der Waals surface area contributed by atoms with Gasteiger partial charge < -0.3 is 9.80 Å². The molecule has 1 atom stereocenters. The van der Waals surface area contributed by atoms with E-state index in [2.05, 4.69) is 12.1 Å². The maximum absolute atomic E-state index is 13.0. The standard InChI is InChI=1S/C22H24N2O2/c1-15-5-3-8-19(13-15)22(26)23-11-12-24(21(25)16(23)2)20-10-9-17-6-4-7-18(17)14-20/h3,5,8-10,13-14,16H,4,6-7,11-12H2,1-2H3. The number of piperazine rings is 1. The molecule has 134 valence electrons. The Labute approximate surface area is 154 Å². The summed E-state index contributed by atoms with van der Waals surface area (Å²) in [5.41, 5.74) is 5.43. The third-order valence-corrected chi connectivity index (χ3v) is 5.58. The summed E-state index contributed by atoms with van der Waals surface area (Å²) >= 11 is 0. The zero-order chi connectivity index (χ0) is 18.3. The summed E-state index contributed by atoms with van der Waals surface area (Å²) in [6, 6.07) is 13.5. The summed E-state index contributed by atoms with van der Waals surface area (Å²) in [4.78, 5) is 29.4. The minimum Gasteiger partial charge on any atom is -0.325 e. The molecule has 4 heteroatoms. The van der Waals surface area contributed by atoms with Crippen LogP contribution in [-0.2, 0) is 17.6 Å². The monoisotopic (exact) mass is 348 g/mol. The number of amides is 2. The van der Waals surface area contributed by atoms with Crippen LogP contribution in [0.3, 0.4) is 0 Å². The highest BCUT2D eigenvalue weighted by Crippen LogP contribution is 2.29. The van der Waals surface area contributed by atoms with Gasteiger partial charge in [-0.2, -0.15) is 0 Å². The van der Waals surface area contributed by atoms with E-state index in [-0.39, 0.29) is 11.8 Å². The van der Waals surface area contributed by atoms with Gasteiger partial charge in [0.15, 0.2) is 0 Å². The van der Waals surface area contributed by atoms with E-state index in [1.807, 2.05) is 49.1 Å². The van der Waals surface area contributed by atoms with Crippen molar-refractivity contribution in [2.24, 2.45) is 0 Å². The predicted octanol–water partition coefficient (Wildman–Crippen LogP) is 3.36. The number of aryl methyl sites for hydroxylation is 3. The molecule has 0 N–H and O–H groups in total. The molecule has 1 saturated heterocycles. The van der Waals surface area contributed by atoms with Crippen molar-refractivity contribution in [1.29, 1.82) is 0 Å². The summed E-state index contributed by atoms with van der Waals surface area (Å²) in [6.45, 7) is 4.89. The average Bonchev–Trinajstić information content (AvgIpc) is 3.11. The minimum absolute atomic E-state index is 0.00444. The van der Waals surface area contributed by atoms with E-state index in [0.29, 0.717) is 18.7 Å². The van der Waals surface area contributed by atoms with Gasteiger partial charge in [-0.3, -0.25) is 9.59 Å². The highest BCUT2D eigenvalue weighted by Gasteiger charge is 2.35. The van der Waals surface area contributed by atoms with Crippen molar-refractivity contribution in [3.63, 3.8) is 0 Å². The number of hydrogen-bond donors (Lipinski definition) is 0. The first-order valence-corrected chi connectivity index (χ1v) is 9.35. The van der Waals surface area contributed by atoms with Crippen molar-refractivity contribution >= 4 is 17.5 Å². The molecule has 0 aromatic heterocycles. The average molecular weight is 348 g/mol. The first kappa shape index (κ1) is 16.8. The molecule has 2 amide bonds. The first-order valence-electron chi connectivity index (χ1n) is 9.35. The molecule has 1 aliphatic carbocycles. The number of carbonyl (C=O) groups is 2. The normalized spacial score (nSPS) is 19.6. The predicted molar refractivity (Wildman–Crippen MR) is 102 cm³/mol. The van der Waals surface area contributed by atoms with Gasteiger partial charge in [-0.05, 0) is 68.5 Å². The minimum atomic E-state index is -0.454.